The third kappa shape index (κ3) is 4.62. The lowest BCUT2D eigenvalue weighted by molar-refractivity contribution is 0.248. The number of hydrogen-bond donors (Lipinski definition) is 2. The molecular weight excluding hydrogens is 200 g/mol. The summed E-state index contributed by atoms with van der Waals surface area (Å²) >= 11 is 0. The standard InChI is InChI=1S/C13H22N2O/c1-11-5-7-14-12(9-11)15-10-13(2,3)6-4-8-16/h5,7,9,16H,4,6,8,10H2,1-3H3,(H,14,15). The number of aromatic nitrogens is 1. The first-order chi connectivity index (χ1) is 7.53. The number of anilines is 1. The zero-order valence-electron chi connectivity index (χ0n) is 10.5. The number of aryl methyl sites for hydroxylation is 1. The van der Waals surface area contributed by atoms with Gasteiger partial charge in [-0.1, -0.05) is 13.8 Å². The lowest BCUT2D eigenvalue weighted by atomic mass is 9.88. The summed E-state index contributed by atoms with van der Waals surface area (Å²) in [6, 6.07) is 4.03. The van der Waals surface area contributed by atoms with E-state index in [1.54, 1.807) is 0 Å². The quantitative estimate of drug-likeness (QED) is 0.777. The van der Waals surface area contributed by atoms with Gasteiger partial charge in [-0.15, -0.1) is 0 Å². The summed E-state index contributed by atoms with van der Waals surface area (Å²) < 4.78 is 0. The number of nitrogens with zero attached hydrogens (tertiary/aromatic N) is 1. The highest BCUT2D eigenvalue weighted by Crippen LogP contribution is 2.22. The molecule has 1 heterocycles. The Morgan fingerprint density at radius 2 is 2.19 bits per heavy atom. The Hall–Kier alpha value is -1.09. The number of nitrogens with one attached hydrogen (secondary N) is 1. The van der Waals surface area contributed by atoms with Crippen molar-refractivity contribution in [3.8, 4) is 0 Å². The summed E-state index contributed by atoms with van der Waals surface area (Å²) in [7, 11) is 0. The van der Waals surface area contributed by atoms with E-state index in [-0.39, 0.29) is 12.0 Å². The van der Waals surface area contributed by atoms with Gasteiger partial charge in [-0.25, -0.2) is 4.98 Å². The van der Waals surface area contributed by atoms with Crippen LogP contribution in [0, 0.1) is 12.3 Å². The van der Waals surface area contributed by atoms with E-state index in [4.69, 9.17) is 5.11 Å². The first-order valence-electron chi connectivity index (χ1n) is 5.81. The summed E-state index contributed by atoms with van der Waals surface area (Å²) in [5.74, 6) is 0.928. The maximum atomic E-state index is 8.82. The van der Waals surface area contributed by atoms with E-state index >= 15 is 0 Å². The Balaban J connectivity index is 2.44. The second kappa shape index (κ2) is 5.85. The van der Waals surface area contributed by atoms with Gasteiger partial charge in [0.25, 0.3) is 0 Å². The van der Waals surface area contributed by atoms with Crippen molar-refractivity contribution >= 4 is 5.82 Å². The zero-order valence-corrected chi connectivity index (χ0v) is 10.5. The average Bonchev–Trinajstić information content (AvgIpc) is 2.24. The van der Waals surface area contributed by atoms with Crippen molar-refractivity contribution in [2.24, 2.45) is 5.41 Å². The van der Waals surface area contributed by atoms with Crippen LogP contribution in [0.4, 0.5) is 5.82 Å². The largest absolute Gasteiger partial charge is 0.396 e. The fraction of sp³-hybridized carbons (Fsp3) is 0.615. The van der Waals surface area contributed by atoms with E-state index in [9.17, 15) is 0 Å². The van der Waals surface area contributed by atoms with Crippen LogP contribution in [0.25, 0.3) is 0 Å². The van der Waals surface area contributed by atoms with Crippen molar-refractivity contribution in [2.45, 2.75) is 33.6 Å². The van der Waals surface area contributed by atoms with Crippen LogP contribution in [-0.4, -0.2) is 23.2 Å². The van der Waals surface area contributed by atoms with E-state index in [0.29, 0.717) is 0 Å². The molecule has 1 rings (SSSR count). The summed E-state index contributed by atoms with van der Waals surface area (Å²) in [5, 5.41) is 12.2. The topological polar surface area (TPSA) is 45.2 Å². The van der Waals surface area contributed by atoms with Gasteiger partial charge in [0.1, 0.15) is 5.82 Å². The molecule has 0 amide bonds. The molecule has 0 atom stereocenters. The lowest BCUT2D eigenvalue weighted by Crippen LogP contribution is -2.23. The van der Waals surface area contributed by atoms with E-state index in [2.05, 4.69) is 31.1 Å². The number of aliphatic hydroxyl groups is 1. The minimum Gasteiger partial charge on any atom is -0.396 e. The molecule has 16 heavy (non-hydrogen) atoms. The van der Waals surface area contributed by atoms with Crippen LogP contribution in [0.15, 0.2) is 18.3 Å². The molecule has 90 valence electrons. The summed E-state index contributed by atoms with van der Waals surface area (Å²) in [4.78, 5) is 4.26. The Morgan fingerprint density at radius 1 is 1.44 bits per heavy atom. The van der Waals surface area contributed by atoms with Crippen molar-refractivity contribution in [2.75, 3.05) is 18.5 Å². The SMILES string of the molecule is Cc1ccnc(NCC(C)(C)CCCO)c1. The molecule has 0 aromatic carbocycles. The Labute approximate surface area is 97.9 Å². The van der Waals surface area contributed by atoms with Gasteiger partial charge in [-0.2, -0.15) is 0 Å². The fourth-order valence-electron chi connectivity index (χ4n) is 1.61. The highest BCUT2D eigenvalue weighted by molar-refractivity contribution is 5.37. The monoisotopic (exact) mass is 222 g/mol. The lowest BCUT2D eigenvalue weighted by Gasteiger charge is -2.24. The maximum absolute atomic E-state index is 8.82. The molecule has 0 saturated heterocycles. The van der Waals surface area contributed by atoms with Crippen LogP contribution in [0.5, 0.6) is 0 Å². The normalized spacial score (nSPS) is 11.5. The number of aliphatic hydroxyl groups excluding tert-OH is 1. The predicted molar refractivity (Wildman–Crippen MR) is 67.6 cm³/mol. The summed E-state index contributed by atoms with van der Waals surface area (Å²) in [5.41, 5.74) is 1.40. The third-order valence-corrected chi connectivity index (χ3v) is 2.68. The van der Waals surface area contributed by atoms with Gasteiger partial charge in [0.2, 0.25) is 0 Å². The van der Waals surface area contributed by atoms with Crippen LogP contribution in [0.3, 0.4) is 0 Å². The molecule has 0 bridgehead atoms. The van der Waals surface area contributed by atoms with Gasteiger partial charge in [-0.3, -0.25) is 0 Å². The third-order valence-electron chi connectivity index (χ3n) is 2.68. The average molecular weight is 222 g/mol. The van der Waals surface area contributed by atoms with Crippen molar-refractivity contribution in [1.29, 1.82) is 0 Å². The van der Waals surface area contributed by atoms with Gasteiger partial charge in [-0.05, 0) is 42.9 Å². The number of rotatable bonds is 6. The summed E-state index contributed by atoms with van der Waals surface area (Å²) in [6.45, 7) is 7.61. The molecular formula is C13H22N2O. The van der Waals surface area contributed by atoms with Crippen LogP contribution in [0.2, 0.25) is 0 Å². The van der Waals surface area contributed by atoms with Gasteiger partial charge in [0.15, 0.2) is 0 Å². The zero-order chi connectivity index (χ0) is 12.0. The van der Waals surface area contributed by atoms with Crippen molar-refractivity contribution in [3.05, 3.63) is 23.9 Å². The number of pyridine rings is 1. The van der Waals surface area contributed by atoms with E-state index in [1.165, 1.54) is 5.56 Å². The fourth-order valence-corrected chi connectivity index (χ4v) is 1.61. The Bertz CT molecular complexity index is 323. The smallest absolute Gasteiger partial charge is 0.126 e. The minimum atomic E-state index is 0.189. The second-order valence-electron chi connectivity index (χ2n) is 5.06. The molecule has 0 aliphatic rings. The predicted octanol–water partition coefficient (Wildman–Crippen LogP) is 2.60. The van der Waals surface area contributed by atoms with Crippen LogP contribution in [0.1, 0.15) is 32.3 Å². The van der Waals surface area contributed by atoms with E-state index in [1.807, 2.05) is 18.3 Å². The van der Waals surface area contributed by atoms with Crippen molar-refractivity contribution in [3.63, 3.8) is 0 Å². The van der Waals surface area contributed by atoms with Gasteiger partial charge in [0.05, 0.1) is 0 Å². The molecule has 0 fully saturated rings. The van der Waals surface area contributed by atoms with Crippen LogP contribution >= 0.6 is 0 Å². The first-order valence-corrected chi connectivity index (χ1v) is 5.81. The highest BCUT2D eigenvalue weighted by atomic mass is 16.2. The highest BCUT2D eigenvalue weighted by Gasteiger charge is 2.16. The van der Waals surface area contributed by atoms with Gasteiger partial charge < -0.3 is 10.4 Å². The molecule has 2 N–H and O–H groups in total. The molecule has 0 aliphatic heterocycles. The van der Waals surface area contributed by atoms with Gasteiger partial charge >= 0.3 is 0 Å². The Kier molecular flexibility index (Phi) is 4.74. The second-order valence-corrected chi connectivity index (χ2v) is 5.06. The Morgan fingerprint density at radius 3 is 2.81 bits per heavy atom. The van der Waals surface area contributed by atoms with Crippen LogP contribution in [-0.2, 0) is 0 Å². The molecule has 1 aromatic rings. The van der Waals surface area contributed by atoms with E-state index < -0.39 is 0 Å². The van der Waals surface area contributed by atoms with Gasteiger partial charge in [0, 0.05) is 19.3 Å². The van der Waals surface area contributed by atoms with Crippen molar-refractivity contribution in [1.82, 2.24) is 4.98 Å². The molecule has 0 unspecified atom stereocenters. The minimum absolute atomic E-state index is 0.189. The van der Waals surface area contributed by atoms with Crippen molar-refractivity contribution < 1.29 is 5.11 Å². The molecule has 0 spiro atoms. The van der Waals surface area contributed by atoms with Crippen LogP contribution < -0.4 is 5.32 Å². The number of hydrogen-bond acceptors (Lipinski definition) is 3. The first kappa shape index (κ1) is 13.0. The molecule has 0 radical (unpaired) electrons. The molecule has 3 heteroatoms. The molecule has 3 nitrogen and oxygen atoms in total. The molecule has 1 aromatic heterocycles. The molecule has 0 saturated carbocycles. The van der Waals surface area contributed by atoms with E-state index in [0.717, 1.165) is 25.2 Å². The summed E-state index contributed by atoms with van der Waals surface area (Å²) in [6.07, 6.45) is 3.69. The molecule has 0 aliphatic carbocycles. The maximum Gasteiger partial charge on any atom is 0.126 e.